The summed E-state index contributed by atoms with van der Waals surface area (Å²) in [6, 6.07) is 4.04. The summed E-state index contributed by atoms with van der Waals surface area (Å²) in [5, 5.41) is 0. The van der Waals surface area contributed by atoms with E-state index in [2.05, 4.69) is 13.0 Å². The minimum Gasteiger partial charge on any atom is -0.312 e. The zero-order valence-corrected chi connectivity index (χ0v) is 8.21. The van der Waals surface area contributed by atoms with Crippen LogP contribution in [0.25, 0.3) is 0 Å². The molecule has 2 heteroatoms. The third kappa shape index (κ3) is 1.30. The number of pyridine rings is 1. The fraction of sp³-hybridized carbons (Fsp3) is 0.545. The van der Waals surface area contributed by atoms with Gasteiger partial charge in [-0.25, -0.2) is 0 Å². The number of rotatable bonds is 0. The molecule has 0 aliphatic carbocycles. The molecule has 1 aliphatic rings. The molecule has 1 unspecified atom stereocenters. The van der Waals surface area contributed by atoms with E-state index in [-0.39, 0.29) is 5.56 Å². The van der Waals surface area contributed by atoms with Crippen molar-refractivity contribution in [3.8, 4) is 0 Å². The number of hydrogen-bond acceptors (Lipinski definition) is 1. The number of aryl methyl sites for hydroxylation is 1. The minimum atomic E-state index is 0.198. The van der Waals surface area contributed by atoms with E-state index < -0.39 is 0 Å². The molecule has 1 aromatic rings. The summed E-state index contributed by atoms with van der Waals surface area (Å²) in [5.74, 6) is 0.544. The van der Waals surface area contributed by atoms with E-state index in [1.807, 2.05) is 17.6 Å². The first kappa shape index (κ1) is 8.54. The molecule has 0 bridgehead atoms. The quantitative estimate of drug-likeness (QED) is 0.594. The van der Waals surface area contributed by atoms with E-state index in [0.29, 0.717) is 5.92 Å². The molecule has 1 aromatic heterocycles. The number of fused-ring (bicyclic) bond motifs is 1. The summed E-state index contributed by atoms with van der Waals surface area (Å²) in [7, 11) is 0. The van der Waals surface area contributed by atoms with Gasteiger partial charge in [0.15, 0.2) is 0 Å². The van der Waals surface area contributed by atoms with Gasteiger partial charge in [0, 0.05) is 17.8 Å². The van der Waals surface area contributed by atoms with Crippen LogP contribution in [-0.4, -0.2) is 4.57 Å². The molecule has 0 amide bonds. The standard InChI is InChI=1S/C11H15NO/c1-8-4-3-7-12-10(8)6-5-9(2)11(12)13/h5-6,8H,3-4,7H2,1-2H3. The van der Waals surface area contributed by atoms with Gasteiger partial charge in [0.05, 0.1) is 0 Å². The molecule has 0 aromatic carbocycles. The van der Waals surface area contributed by atoms with E-state index in [1.54, 1.807) is 0 Å². The van der Waals surface area contributed by atoms with Crippen molar-refractivity contribution in [2.75, 3.05) is 0 Å². The van der Waals surface area contributed by atoms with Crippen LogP contribution in [0.3, 0.4) is 0 Å². The summed E-state index contributed by atoms with van der Waals surface area (Å²) < 4.78 is 1.93. The van der Waals surface area contributed by atoms with Crippen LogP contribution in [0.4, 0.5) is 0 Å². The van der Waals surface area contributed by atoms with E-state index in [1.165, 1.54) is 12.1 Å². The van der Waals surface area contributed by atoms with Gasteiger partial charge in [0.2, 0.25) is 0 Å². The summed E-state index contributed by atoms with van der Waals surface area (Å²) in [4.78, 5) is 11.7. The van der Waals surface area contributed by atoms with Gasteiger partial charge in [-0.3, -0.25) is 4.79 Å². The zero-order chi connectivity index (χ0) is 9.42. The van der Waals surface area contributed by atoms with Crippen molar-refractivity contribution in [3.05, 3.63) is 33.7 Å². The Hall–Kier alpha value is -1.05. The monoisotopic (exact) mass is 177 g/mol. The zero-order valence-electron chi connectivity index (χ0n) is 8.21. The predicted octanol–water partition coefficient (Wildman–Crippen LogP) is 2.05. The second-order valence-corrected chi connectivity index (χ2v) is 3.94. The minimum absolute atomic E-state index is 0.198. The number of aromatic nitrogens is 1. The fourth-order valence-corrected chi connectivity index (χ4v) is 2.07. The predicted molar refractivity (Wildman–Crippen MR) is 53.1 cm³/mol. The summed E-state index contributed by atoms with van der Waals surface area (Å²) >= 11 is 0. The normalized spacial score (nSPS) is 21.2. The highest BCUT2D eigenvalue weighted by Gasteiger charge is 2.16. The van der Waals surface area contributed by atoms with Crippen LogP contribution in [0.5, 0.6) is 0 Å². The van der Waals surface area contributed by atoms with Gasteiger partial charge >= 0.3 is 0 Å². The lowest BCUT2D eigenvalue weighted by atomic mass is 9.96. The summed E-state index contributed by atoms with van der Waals surface area (Å²) in [6.07, 6.45) is 2.35. The van der Waals surface area contributed by atoms with Gasteiger partial charge in [-0.15, -0.1) is 0 Å². The average Bonchev–Trinajstić information content (AvgIpc) is 2.12. The Kier molecular flexibility index (Phi) is 1.98. The van der Waals surface area contributed by atoms with Crippen molar-refractivity contribution in [1.82, 2.24) is 4.57 Å². The molecule has 0 saturated carbocycles. The SMILES string of the molecule is Cc1ccc2n(c1=O)CCCC2C. The lowest BCUT2D eigenvalue weighted by Gasteiger charge is -2.24. The van der Waals surface area contributed by atoms with Crippen molar-refractivity contribution in [2.24, 2.45) is 0 Å². The van der Waals surface area contributed by atoms with Crippen LogP contribution < -0.4 is 5.56 Å². The molecule has 70 valence electrons. The van der Waals surface area contributed by atoms with E-state index in [9.17, 15) is 4.79 Å². The maximum atomic E-state index is 11.7. The Balaban J connectivity index is 2.63. The van der Waals surface area contributed by atoms with Gasteiger partial charge in [0.25, 0.3) is 5.56 Å². The Morgan fingerprint density at radius 2 is 2.23 bits per heavy atom. The van der Waals surface area contributed by atoms with Crippen molar-refractivity contribution in [1.29, 1.82) is 0 Å². The van der Waals surface area contributed by atoms with Crippen LogP contribution in [0.15, 0.2) is 16.9 Å². The molecule has 1 aliphatic heterocycles. The molecular formula is C11H15NO. The first-order valence-corrected chi connectivity index (χ1v) is 4.90. The van der Waals surface area contributed by atoms with Gasteiger partial charge in [-0.2, -0.15) is 0 Å². The first-order chi connectivity index (χ1) is 6.20. The Bertz CT molecular complexity index is 378. The highest BCUT2D eigenvalue weighted by molar-refractivity contribution is 5.18. The van der Waals surface area contributed by atoms with Crippen molar-refractivity contribution >= 4 is 0 Å². The lowest BCUT2D eigenvalue weighted by molar-refractivity contribution is 0.458. The number of hydrogen-bond donors (Lipinski definition) is 0. The van der Waals surface area contributed by atoms with Crippen molar-refractivity contribution in [2.45, 2.75) is 39.2 Å². The maximum absolute atomic E-state index is 11.7. The van der Waals surface area contributed by atoms with Crippen molar-refractivity contribution < 1.29 is 0 Å². The maximum Gasteiger partial charge on any atom is 0.253 e. The third-order valence-electron chi connectivity index (χ3n) is 2.92. The molecule has 0 fully saturated rings. The smallest absolute Gasteiger partial charge is 0.253 e. The van der Waals surface area contributed by atoms with Gasteiger partial charge in [-0.1, -0.05) is 13.0 Å². The highest BCUT2D eigenvalue weighted by atomic mass is 16.1. The van der Waals surface area contributed by atoms with Crippen LogP contribution in [-0.2, 0) is 6.54 Å². The summed E-state index contributed by atoms with van der Waals surface area (Å²) in [6.45, 7) is 4.98. The molecule has 0 N–H and O–H groups in total. The molecular weight excluding hydrogens is 162 g/mol. The third-order valence-corrected chi connectivity index (χ3v) is 2.92. The molecule has 1 atom stereocenters. The highest BCUT2D eigenvalue weighted by Crippen LogP contribution is 2.24. The Labute approximate surface area is 78.2 Å². The molecule has 0 saturated heterocycles. The molecule has 0 spiro atoms. The Morgan fingerprint density at radius 1 is 1.46 bits per heavy atom. The van der Waals surface area contributed by atoms with Gasteiger partial charge in [0.1, 0.15) is 0 Å². The van der Waals surface area contributed by atoms with Crippen molar-refractivity contribution in [3.63, 3.8) is 0 Å². The van der Waals surface area contributed by atoms with Crippen LogP contribution in [0, 0.1) is 6.92 Å². The number of nitrogens with zero attached hydrogens (tertiary/aromatic N) is 1. The molecule has 2 heterocycles. The van der Waals surface area contributed by atoms with Crippen LogP contribution >= 0.6 is 0 Å². The molecule has 2 rings (SSSR count). The lowest BCUT2D eigenvalue weighted by Crippen LogP contribution is -2.29. The van der Waals surface area contributed by atoms with E-state index >= 15 is 0 Å². The van der Waals surface area contributed by atoms with Crippen LogP contribution in [0.2, 0.25) is 0 Å². The second-order valence-electron chi connectivity index (χ2n) is 3.94. The average molecular weight is 177 g/mol. The Morgan fingerprint density at radius 3 is 3.00 bits per heavy atom. The summed E-state index contributed by atoms with van der Waals surface area (Å²) in [5.41, 5.74) is 2.27. The van der Waals surface area contributed by atoms with E-state index in [0.717, 1.165) is 18.5 Å². The second kappa shape index (κ2) is 3.02. The first-order valence-electron chi connectivity index (χ1n) is 4.90. The topological polar surface area (TPSA) is 22.0 Å². The van der Waals surface area contributed by atoms with Gasteiger partial charge < -0.3 is 4.57 Å². The fourth-order valence-electron chi connectivity index (χ4n) is 2.07. The van der Waals surface area contributed by atoms with Crippen LogP contribution in [0.1, 0.15) is 36.9 Å². The molecule has 2 nitrogen and oxygen atoms in total. The largest absolute Gasteiger partial charge is 0.312 e. The molecule has 0 radical (unpaired) electrons. The molecule has 13 heavy (non-hydrogen) atoms. The van der Waals surface area contributed by atoms with Gasteiger partial charge in [-0.05, 0) is 31.7 Å². The van der Waals surface area contributed by atoms with E-state index in [4.69, 9.17) is 0 Å².